The van der Waals surface area contributed by atoms with Gasteiger partial charge in [-0.05, 0) is 42.8 Å². The molecule has 4 nitrogen and oxygen atoms in total. The van der Waals surface area contributed by atoms with Gasteiger partial charge in [0.15, 0.2) is 0 Å². The van der Waals surface area contributed by atoms with E-state index in [0.717, 1.165) is 15.7 Å². The summed E-state index contributed by atoms with van der Waals surface area (Å²) in [5.74, 6) is 0. The SMILES string of the molecule is Cc1cc(Br)cc(NCc2cc(Cl)ccc2[N+](=O)[O-])c1. The lowest BCUT2D eigenvalue weighted by atomic mass is 10.1. The summed E-state index contributed by atoms with van der Waals surface area (Å²) in [5, 5.41) is 14.6. The fraction of sp³-hybridized carbons (Fsp3) is 0.143. The van der Waals surface area contributed by atoms with Crippen LogP contribution >= 0.6 is 27.5 Å². The first-order chi connectivity index (χ1) is 9.45. The molecule has 0 aromatic heterocycles. The molecule has 0 unspecified atom stereocenters. The van der Waals surface area contributed by atoms with E-state index in [-0.39, 0.29) is 5.69 Å². The average Bonchev–Trinajstić information content (AvgIpc) is 2.35. The van der Waals surface area contributed by atoms with Gasteiger partial charge in [-0.2, -0.15) is 0 Å². The molecule has 0 bridgehead atoms. The van der Waals surface area contributed by atoms with E-state index < -0.39 is 4.92 Å². The number of hydrogen-bond donors (Lipinski definition) is 1. The van der Waals surface area contributed by atoms with Gasteiger partial charge in [-0.15, -0.1) is 0 Å². The third kappa shape index (κ3) is 3.71. The normalized spacial score (nSPS) is 10.3. The molecule has 6 heteroatoms. The van der Waals surface area contributed by atoms with Crippen LogP contribution in [0.15, 0.2) is 40.9 Å². The predicted molar refractivity (Wildman–Crippen MR) is 84.3 cm³/mol. The van der Waals surface area contributed by atoms with Gasteiger partial charge >= 0.3 is 0 Å². The summed E-state index contributed by atoms with van der Waals surface area (Å²) >= 11 is 9.32. The van der Waals surface area contributed by atoms with E-state index in [9.17, 15) is 10.1 Å². The molecule has 0 aliphatic heterocycles. The zero-order valence-electron chi connectivity index (χ0n) is 10.7. The fourth-order valence-corrected chi connectivity index (χ4v) is 2.71. The predicted octanol–water partition coefficient (Wildman–Crippen LogP) is 4.93. The summed E-state index contributed by atoms with van der Waals surface area (Å²) < 4.78 is 0.959. The summed E-state index contributed by atoms with van der Waals surface area (Å²) in [6, 6.07) is 10.4. The summed E-state index contributed by atoms with van der Waals surface area (Å²) in [4.78, 5) is 10.6. The maximum absolute atomic E-state index is 11.0. The van der Waals surface area contributed by atoms with Crippen LogP contribution in [0.3, 0.4) is 0 Å². The number of nitro groups is 1. The maximum Gasteiger partial charge on any atom is 0.274 e. The molecular weight excluding hydrogens is 344 g/mol. The van der Waals surface area contributed by atoms with Crippen LogP contribution in [0.4, 0.5) is 11.4 Å². The first kappa shape index (κ1) is 14.8. The molecule has 0 amide bonds. The first-order valence-electron chi connectivity index (χ1n) is 5.89. The topological polar surface area (TPSA) is 55.2 Å². The number of halogens is 2. The van der Waals surface area contributed by atoms with Crippen LogP contribution in [0.2, 0.25) is 5.02 Å². The number of hydrogen-bond acceptors (Lipinski definition) is 3. The van der Waals surface area contributed by atoms with Crippen LogP contribution in [-0.4, -0.2) is 4.92 Å². The molecule has 2 aromatic carbocycles. The van der Waals surface area contributed by atoms with Gasteiger partial charge in [0.25, 0.3) is 5.69 Å². The number of aryl methyl sites for hydroxylation is 1. The highest BCUT2D eigenvalue weighted by molar-refractivity contribution is 9.10. The Balaban J connectivity index is 2.22. The van der Waals surface area contributed by atoms with Gasteiger partial charge in [0.2, 0.25) is 0 Å². The number of anilines is 1. The number of nitrogens with one attached hydrogen (secondary N) is 1. The van der Waals surface area contributed by atoms with Crippen LogP contribution in [0.1, 0.15) is 11.1 Å². The lowest BCUT2D eigenvalue weighted by Crippen LogP contribution is -2.03. The second-order valence-electron chi connectivity index (χ2n) is 4.40. The van der Waals surface area contributed by atoms with Crippen molar-refractivity contribution in [1.82, 2.24) is 0 Å². The molecule has 20 heavy (non-hydrogen) atoms. The van der Waals surface area contributed by atoms with E-state index in [1.54, 1.807) is 6.07 Å². The van der Waals surface area contributed by atoms with Crippen molar-refractivity contribution < 1.29 is 4.92 Å². The lowest BCUT2D eigenvalue weighted by molar-refractivity contribution is -0.385. The Morgan fingerprint density at radius 2 is 2.05 bits per heavy atom. The van der Waals surface area contributed by atoms with Gasteiger partial charge in [0, 0.05) is 27.8 Å². The molecule has 0 spiro atoms. The first-order valence-corrected chi connectivity index (χ1v) is 7.06. The molecule has 0 heterocycles. The molecule has 0 radical (unpaired) electrons. The molecule has 0 aliphatic rings. The Kier molecular flexibility index (Phi) is 4.62. The molecule has 104 valence electrons. The van der Waals surface area contributed by atoms with Gasteiger partial charge in [0.1, 0.15) is 0 Å². The highest BCUT2D eigenvalue weighted by atomic mass is 79.9. The number of benzene rings is 2. The minimum Gasteiger partial charge on any atom is -0.381 e. The van der Waals surface area contributed by atoms with Crippen molar-refractivity contribution in [3.8, 4) is 0 Å². The fourth-order valence-electron chi connectivity index (χ4n) is 1.91. The summed E-state index contributed by atoms with van der Waals surface area (Å²) in [5.41, 5.74) is 2.61. The van der Waals surface area contributed by atoms with E-state index in [1.807, 2.05) is 25.1 Å². The molecule has 0 saturated carbocycles. The van der Waals surface area contributed by atoms with E-state index in [0.29, 0.717) is 17.1 Å². The van der Waals surface area contributed by atoms with Gasteiger partial charge in [-0.3, -0.25) is 10.1 Å². The Labute approximate surface area is 130 Å². The minimum absolute atomic E-state index is 0.0635. The van der Waals surface area contributed by atoms with Crippen molar-refractivity contribution in [1.29, 1.82) is 0 Å². The zero-order valence-corrected chi connectivity index (χ0v) is 13.0. The van der Waals surface area contributed by atoms with Crippen molar-refractivity contribution >= 4 is 38.9 Å². The molecule has 0 aliphatic carbocycles. The number of nitro benzene ring substituents is 1. The smallest absolute Gasteiger partial charge is 0.274 e. The monoisotopic (exact) mass is 354 g/mol. The molecule has 0 saturated heterocycles. The van der Waals surface area contributed by atoms with Gasteiger partial charge < -0.3 is 5.32 Å². The van der Waals surface area contributed by atoms with Gasteiger partial charge in [0.05, 0.1) is 10.5 Å². The summed E-state index contributed by atoms with van der Waals surface area (Å²) in [6.45, 7) is 2.32. The standard InChI is InChI=1S/C14H12BrClN2O2/c1-9-4-11(15)7-13(5-9)17-8-10-6-12(16)2-3-14(10)18(19)20/h2-7,17H,8H2,1H3. The third-order valence-corrected chi connectivity index (χ3v) is 3.46. The van der Waals surface area contributed by atoms with Gasteiger partial charge in [-0.1, -0.05) is 27.5 Å². The molecule has 0 fully saturated rings. The third-order valence-electron chi connectivity index (χ3n) is 2.76. The van der Waals surface area contributed by atoms with Crippen LogP contribution in [0, 0.1) is 17.0 Å². The second kappa shape index (κ2) is 6.24. The van der Waals surface area contributed by atoms with E-state index >= 15 is 0 Å². The van der Waals surface area contributed by atoms with Crippen LogP contribution < -0.4 is 5.32 Å². The highest BCUT2D eigenvalue weighted by Crippen LogP contribution is 2.25. The van der Waals surface area contributed by atoms with Crippen LogP contribution in [-0.2, 0) is 6.54 Å². The molecule has 2 aromatic rings. The average molecular weight is 356 g/mol. The number of nitrogens with zero attached hydrogens (tertiary/aromatic N) is 1. The Bertz CT molecular complexity index is 641. The van der Waals surface area contributed by atoms with Crippen LogP contribution in [0.25, 0.3) is 0 Å². The van der Waals surface area contributed by atoms with Crippen LogP contribution in [0.5, 0.6) is 0 Å². The van der Waals surface area contributed by atoms with Crippen molar-refractivity contribution in [2.24, 2.45) is 0 Å². The summed E-state index contributed by atoms with van der Waals surface area (Å²) in [7, 11) is 0. The van der Waals surface area contributed by atoms with Crippen molar-refractivity contribution in [2.45, 2.75) is 13.5 Å². The quantitative estimate of drug-likeness (QED) is 0.625. The molecular formula is C14H12BrClN2O2. The maximum atomic E-state index is 11.0. The summed E-state index contributed by atoms with van der Waals surface area (Å²) in [6.07, 6.45) is 0. The molecule has 0 atom stereocenters. The Morgan fingerprint density at radius 1 is 1.30 bits per heavy atom. The number of rotatable bonds is 4. The van der Waals surface area contributed by atoms with E-state index in [1.165, 1.54) is 12.1 Å². The Hall–Kier alpha value is -1.59. The van der Waals surface area contributed by atoms with Crippen molar-refractivity contribution in [2.75, 3.05) is 5.32 Å². The second-order valence-corrected chi connectivity index (χ2v) is 5.75. The van der Waals surface area contributed by atoms with E-state index in [2.05, 4.69) is 21.2 Å². The van der Waals surface area contributed by atoms with Gasteiger partial charge in [-0.25, -0.2) is 0 Å². The minimum atomic E-state index is -0.403. The lowest BCUT2D eigenvalue weighted by Gasteiger charge is -2.09. The zero-order chi connectivity index (χ0) is 14.7. The van der Waals surface area contributed by atoms with Crippen molar-refractivity contribution in [3.05, 3.63) is 67.1 Å². The molecule has 1 N–H and O–H groups in total. The van der Waals surface area contributed by atoms with E-state index in [4.69, 9.17) is 11.6 Å². The largest absolute Gasteiger partial charge is 0.381 e. The Morgan fingerprint density at radius 3 is 2.70 bits per heavy atom. The van der Waals surface area contributed by atoms with Crippen molar-refractivity contribution in [3.63, 3.8) is 0 Å². The molecule has 2 rings (SSSR count). The highest BCUT2D eigenvalue weighted by Gasteiger charge is 2.13.